The van der Waals surface area contributed by atoms with Gasteiger partial charge in [-0.25, -0.2) is 9.59 Å². The van der Waals surface area contributed by atoms with Crippen molar-refractivity contribution >= 4 is 11.9 Å². The minimum Gasteiger partial charge on any atom is -0.448 e. The zero-order valence-electron chi connectivity index (χ0n) is 26.5. The standard InChI is InChI=1S/C33H62O8/c1-3-4-5-6-7-8-9-10-11-12-13-14-15-18-21-30-32(34)41-31(33(35)40-30)22-19-16-17-20-23-37-26-27-39-29-28-38-25-24-36-2/h30-31H,3-29H2,1-2H3. The van der Waals surface area contributed by atoms with Gasteiger partial charge >= 0.3 is 11.9 Å². The molecule has 0 aromatic heterocycles. The van der Waals surface area contributed by atoms with Crippen molar-refractivity contribution in [3.05, 3.63) is 0 Å². The summed E-state index contributed by atoms with van der Waals surface area (Å²) in [5, 5.41) is 0. The fraction of sp³-hybridized carbons (Fsp3) is 0.939. The van der Waals surface area contributed by atoms with Gasteiger partial charge in [-0.3, -0.25) is 0 Å². The summed E-state index contributed by atoms with van der Waals surface area (Å²) < 4.78 is 32.1. The number of carbonyl (C=O) groups excluding carboxylic acids is 2. The molecule has 0 radical (unpaired) electrons. The quantitative estimate of drug-likeness (QED) is 0.0616. The first kappa shape index (κ1) is 37.8. The third-order valence-corrected chi connectivity index (χ3v) is 7.54. The van der Waals surface area contributed by atoms with Crippen LogP contribution in [-0.4, -0.2) is 77.5 Å². The summed E-state index contributed by atoms with van der Waals surface area (Å²) in [6.45, 7) is 6.39. The van der Waals surface area contributed by atoms with Crippen LogP contribution in [0.25, 0.3) is 0 Å². The first-order chi connectivity index (χ1) is 20.2. The van der Waals surface area contributed by atoms with Gasteiger partial charge in [-0.05, 0) is 32.1 Å². The molecular weight excluding hydrogens is 524 g/mol. The molecule has 41 heavy (non-hydrogen) atoms. The topological polar surface area (TPSA) is 89.5 Å². The van der Waals surface area contributed by atoms with Crippen molar-refractivity contribution in [3.8, 4) is 0 Å². The van der Waals surface area contributed by atoms with Gasteiger partial charge in [-0.2, -0.15) is 0 Å². The highest BCUT2D eigenvalue weighted by Crippen LogP contribution is 2.21. The largest absolute Gasteiger partial charge is 0.448 e. The van der Waals surface area contributed by atoms with Gasteiger partial charge in [-0.1, -0.05) is 103 Å². The molecule has 0 N–H and O–H groups in total. The molecule has 2 atom stereocenters. The second kappa shape index (κ2) is 28.9. The second-order valence-electron chi connectivity index (χ2n) is 11.3. The predicted molar refractivity (Wildman–Crippen MR) is 162 cm³/mol. The molecule has 0 spiro atoms. The van der Waals surface area contributed by atoms with E-state index < -0.39 is 12.2 Å². The lowest BCUT2D eigenvalue weighted by molar-refractivity contribution is -0.196. The van der Waals surface area contributed by atoms with Crippen molar-refractivity contribution in [1.29, 1.82) is 0 Å². The Labute approximate surface area is 250 Å². The van der Waals surface area contributed by atoms with Crippen LogP contribution >= 0.6 is 0 Å². The van der Waals surface area contributed by atoms with E-state index in [2.05, 4.69) is 6.92 Å². The van der Waals surface area contributed by atoms with Crippen LogP contribution in [0.5, 0.6) is 0 Å². The van der Waals surface area contributed by atoms with Crippen LogP contribution in [-0.2, 0) is 38.0 Å². The lowest BCUT2D eigenvalue weighted by Crippen LogP contribution is -2.43. The number of esters is 2. The Morgan fingerprint density at radius 3 is 1.22 bits per heavy atom. The van der Waals surface area contributed by atoms with Gasteiger partial charge < -0.3 is 28.4 Å². The Morgan fingerprint density at radius 1 is 0.463 bits per heavy atom. The molecule has 8 heteroatoms. The SMILES string of the molecule is CCCCCCCCCCCCCCCCC1OC(=O)C(CCCCCCOCCOCCOCCOC)OC1=O. The smallest absolute Gasteiger partial charge is 0.348 e. The van der Waals surface area contributed by atoms with E-state index in [0.29, 0.717) is 59.1 Å². The van der Waals surface area contributed by atoms with Crippen molar-refractivity contribution in [2.45, 2.75) is 148 Å². The van der Waals surface area contributed by atoms with Gasteiger partial charge in [0.2, 0.25) is 0 Å². The molecule has 0 bridgehead atoms. The van der Waals surface area contributed by atoms with Gasteiger partial charge in [0, 0.05) is 13.7 Å². The number of unbranched alkanes of at least 4 members (excludes halogenated alkanes) is 16. The lowest BCUT2D eigenvalue weighted by atomic mass is 10.0. The van der Waals surface area contributed by atoms with Crippen molar-refractivity contribution in [2.75, 3.05) is 53.4 Å². The van der Waals surface area contributed by atoms with E-state index in [1.807, 2.05) is 0 Å². The molecule has 0 aromatic carbocycles. The Bertz CT molecular complexity index is 600. The highest BCUT2D eigenvalue weighted by molar-refractivity contribution is 5.87. The first-order valence-electron chi connectivity index (χ1n) is 16.8. The summed E-state index contributed by atoms with van der Waals surface area (Å²) >= 11 is 0. The maximum atomic E-state index is 12.3. The number of cyclic esters (lactones) is 2. The molecule has 1 aliphatic rings. The van der Waals surface area contributed by atoms with Crippen LogP contribution in [0.15, 0.2) is 0 Å². The molecule has 1 aliphatic heterocycles. The van der Waals surface area contributed by atoms with Crippen molar-refractivity contribution in [2.24, 2.45) is 0 Å². The van der Waals surface area contributed by atoms with Crippen LogP contribution < -0.4 is 0 Å². The van der Waals surface area contributed by atoms with E-state index in [1.54, 1.807) is 7.11 Å². The van der Waals surface area contributed by atoms with Crippen molar-refractivity contribution < 1.29 is 38.0 Å². The van der Waals surface area contributed by atoms with Gasteiger partial charge in [0.05, 0.1) is 39.6 Å². The van der Waals surface area contributed by atoms with Crippen LogP contribution in [0.3, 0.4) is 0 Å². The molecule has 8 nitrogen and oxygen atoms in total. The summed E-state index contributed by atoms with van der Waals surface area (Å²) in [4.78, 5) is 24.7. The average Bonchev–Trinajstić information content (AvgIpc) is 2.97. The molecule has 0 aromatic rings. The van der Waals surface area contributed by atoms with Crippen LogP contribution in [0.4, 0.5) is 0 Å². The van der Waals surface area contributed by atoms with E-state index in [4.69, 9.17) is 28.4 Å². The molecule has 0 aliphatic carbocycles. The lowest BCUT2D eigenvalue weighted by Gasteiger charge is -2.27. The molecule has 1 rings (SSSR count). The van der Waals surface area contributed by atoms with Crippen LogP contribution in [0, 0.1) is 0 Å². The van der Waals surface area contributed by atoms with E-state index in [0.717, 1.165) is 38.5 Å². The van der Waals surface area contributed by atoms with Crippen LogP contribution in [0.1, 0.15) is 135 Å². The van der Waals surface area contributed by atoms with Gasteiger partial charge in [0.1, 0.15) is 0 Å². The van der Waals surface area contributed by atoms with Crippen molar-refractivity contribution in [3.63, 3.8) is 0 Å². The Morgan fingerprint density at radius 2 is 0.805 bits per heavy atom. The number of hydrogen-bond donors (Lipinski definition) is 0. The Hall–Kier alpha value is -1.22. The summed E-state index contributed by atoms with van der Waals surface area (Å²) in [6.07, 6.45) is 21.4. The Kier molecular flexibility index (Phi) is 26.6. The zero-order valence-corrected chi connectivity index (χ0v) is 26.5. The molecule has 2 unspecified atom stereocenters. The highest BCUT2D eigenvalue weighted by Gasteiger charge is 2.37. The molecular formula is C33H62O8. The third kappa shape index (κ3) is 23.0. The number of ether oxygens (including phenoxy) is 6. The monoisotopic (exact) mass is 586 g/mol. The fourth-order valence-electron chi connectivity index (χ4n) is 4.98. The molecule has 0 amide bonds. The summed E-state index contributed by atoms with van der Waals surface area (Å²) in [5.74, 6) is -0.756. The number of rotatable bonds is 31. The average molecular weight is 587 g/mol. The molecule has 1 fully saturated rings. The fourth-order valence-corrected chi connectivity index (χ4v) is 4.98. The van der Waals surface area contributed by atoms with Crippen molar-refractivity contribution in [1.82, 2.24) is 0 Å². The zero-order chi connectivity index (χ0) is 29.6. The van der Waals surface area contributed by atoms with Crippen LogP contribution in [0.2, 0.25) is 0 Å². The summed E-state index contributed by atoms with van der Waals surface area (Å²) in [5.41, 5.74) is 0. The maximum Gasteiger partial charge on any atom is 0.348 e. The molecule has 1 saturated heterocycles. The van der Waals surface area contributed by atoms with Gasteiger partial charge in [-0.15, -0.1) is 0 Å². The highest BCUT2D eigenvalue weighted by atomic mass is 16.6. The summed E-state index contributed by atoms with van der Waals surface area (Å²) in [7, 11) is 1.65. The summed E-state index contributed by atoms with van der Waals surface area (Å²) in [6, 6.07) is 0. The van der Waals surface area contributed by atoms with E-state index in [9.17, 15) is 9.59 Å². The minimum absolute atomic E-state index is 0.374. The maximum absolute atomic E-state index is 12.3. The van der Waals surface area contributed by atoms with Gasteiger partial charge in [0.25, 0.3) is 0 Å². The Balaban J connectivity index is 1.89. The number of carbonyl (C=O) groups is 2. The minimum atomic E-state index is -0.748. The second-order valence-corrected chi connectivity index (χ2v) is 11.3. The predicted octanol–water partition coefficient (Wildman–Crippen LogP) is 7.34. The van der Waals surface area contributed by atoms with E-state index >= 15 is 0 Å². The van der Waals surface area contributed by atoms with E-state index in [1.165, 1.54) is 77.0 Å². The normalized spacial score (nSPS) is 17.1. The number of hydrogen-bond acceptors (Lipinski definition) is 8. The molecule has 0 saturated carbocycles. The number of methoxy groups -OCH3 is 1. The first-order valence-corrected chi connectivity index (χ1v) is 16.8. The van der Waals surface area contributed by atoms with E-state index in [-0.39, 0.29) is 11.9 Å². The van der Waals surface area contributed by atoms with Gasteiger partial charge in [0.15, 0.2) is 12.2 Å². The third-order valence-electron chi connectivity index (χ3n) is 7.54. The molecule has 242 valence electrons. The molecule has 1 heterocycles.